The average Bonchev–Trinajstić information content (AvgIpc) is 2.43. The van der Waals surface area contributed by atoms with E-state index in [9.17, 15) is 9.59 Å². The summed E-state index contributed by atoms with van der Waals surface area (Å²) >= 11 is 0. The zero-order chi connectivity index (χ0) is 14.3. The van der Waals surface area contributed by atoms with Gasteiger partial charge in [0.2, 0.25) is 0 Å². The molecule has 19 heavy (non-hydrogen) atoms. The Bertz CT molecular complexity index is 302. The van der Waals surface area contributed by atoms with Gasteiger partial charge in [0.1, 0.15) is 6.04 Å². The minimum absolute atomic E-state index is 0.188. The number of methoxy groups -OCH3 is 2. The fourth-order valence-electron chi connectivity index (χ4n) is 2.03. The van der Waals surface area contributed by atoms with Gasteiger partial charge in [0.25, 0.3) is 0 Å². The van der Waals surface area contributed by atoms with Gasteiger partial charge in [-0.2, -0.15) is 0 Å². The van der Waals surface area contributed by atoms with Crippen molar-refractivity contribution in [3.8, 4) is 0 Å². The molecule has 1 heterocycles. The van der Waals surface area contributed by atoms with Gasteiger partial charge in [0.05, 0.1) is 6.10 Å². The van der Waals surface area contributed by atoms with Crippen LogP contribution in [0.5, 0.6) is 0 Å². The first-order chi connectivity index (χ1) is 9.08. The van der Waals surface area contributed by atoms with Gasteiger partial charge in [0.15, 0.2) is 0 Å². The molecule has 1 saturated heterocycles. The smallest absolute Gasteiger partial charge is 0.326 e. The lowest BCUT2D eigenvalue weighted by Gasteiger charge is -2.32. The van der Waals surface area contributed by atoms with E-state index in [1.807, 2.05) is 0 Å². The molecule has 1 atom stereocenters. The molecule has 0 aromatic carbocycles. The van der Waals surface area contributed by atoms with Crippen LogP contribution in [0.15, 0.2) is 0 Å². The van der Waals surface area contributed by atoms with Gasteiger partial charge in [0, 0.05) is 40.3 Å². The van der Waals surface area contributed by atoms with Crippen molar-refractivity contribution in [2.45, 2.75) is 31.4 Å². The minimum Gasteiger partial charge on any atom is -0.480 e. The highest BCUT2D eigenvalue weighted by Gasteiger charge is 2.26. The number of carbonyl (C=O) groups is 2. The maximum absolute atomic E-state index is 11.9. The van der Waals surface area contributed by atoms with Gasteiger partial charge in [-0.25, -0.2) is 9.59 Å². The SMILES string of the molecule is COCCC(NC(=O)N1CCC(OC)CC1)C(=O)O. The van der Waals surface area contributed by atoms with Gasteiger partial charge in [-0.15, -0.1) is 0 Å². The van der Waals surface area contributed by atoms with E-state index in [0.717, 1.165) is 12.8 Å². The number of nitrogens with one attached hydrogen (secondary N) is 1. The highest BCUT2D eigenvalue weighted by Crippen LogP contribution is 2.13. The summed E-state index contributed by atoms with van der Waals surface area (Å²) in [6.07, 6.45) is 2.00. The van der Waals surface area contributed by atoms with Crippen molar-refractivity contribution in [3.63, 3.8) is 0 Å². The summed E-state index contributed by atoms with van der Waals surface area (Å²) in [6, 6.07) is -1.24. The molecule has 1 aliphatic heterocycles. The summed E-state index contributed by atoms with van der Waals surface area (Å²) in [5.41, 5.74) is 0. The first-order valence-corrected chi connectivity index (χ1v) is 6.38. The molecule has 1 rings (SSSR count). The molecule has 2 N–H and O–H groups in total. The standard InChI is InChI=1S/C12H22N2O5/c1-18-8-5-10(11(15)16)13-12(17)14-6-3-9(19-2)4-7-14/h9-10H,3-8H2,1-2H3,(H,13,17)(H,15,16). The lowest BCUT2D eigenvalue weighted by molar-refractivity contribution is -0.139. The molecule has 2 amide bonds. The topological polar surface area (TPSA) is 88.1 Å². The van der Waals surface area contributed by atoms with Crippen LogP contribution in [0, 0.1) is 0 Å². The number of carboxylic acid groups (broad SMARTS) is 1. The van der Waals surface area contributed by atoms with Gasteiger partial charge in [-0.3, -0.25) is 0 Å². The van der Waals surface area contributed by atoms with Crippen LogP contribution >= 0.6 is 0 Å². The number of aliphatic carboxylic acids is 1. The Hall–Kier alpha value is -1.34. The van der Waals surface area contributed by atoms with Crippen LogP contribution in [0.1, 0.15) is 19.3 Å². The maximum Gasteiger partial charge on any atom is 0.326 e. The number of carboxylic acids is 1. The third-order valence-electron chi connectivity index (χ3n) is 3.27. The zero-order valence-electron chi connectivity index (χ0n) is 11.4. The predicted octanol–water partition coefficient (Wildman–Crippen LogP) is 0.297. The number of hydrogen-bond acceptors (Lipinski definition) is 4. The number of nitrogens with zero attached hydrogens (tertiary/aromatic N) is 1. The van der Waals surface area contributed by atoms with Crippen molar-refractivity contribution in [1.29, 1.82) is 0 Å². The molecule has 1 unspecified atom stereocenters. The maximum atomic E-state index is 11.9. The summed E-state index contributed by atoms with van der Waals surface area (Å²) in [7, 11) is 3.15. The summed E-state index contributed by atoms with van der Waals surface area (Å²) < 4.78 is 10.1. The van der Waals surface area contributed by atoms with E-state index in [2.05, 4.69) is 5.32 Å². The molecule has 1 fully saturated rings. The lowest BCUT2D eigenvalue weighted by Crippen LogP contribution is -2.51. The number of carbonyl (C=O) groups excluding carboxylic acids is 1. The molecule has 0 spiro atoms. The lowest BCUT2D eigenvalue weighted by atomic mass is 10.1. The molecule has 7 heteroatoms. The Morgan fingerprint density at radius 1 is 1.37 bits per heavy atom. The second kappa shape index (κ2) is 7.96. The van der Waals surface area contributed by atoms with E-state index in [0.29, 0.717) is 19.7 Å². The molecule has 0 aromatic rings. The molecule has 0 bridgehead atoms. The average molecular weight is 274 g/mol. The molecule has 1 aliphatic rings. The van der Waals surface area contributed by atoms with Crippen molar-refractivity contribution < 1.29 is 24.2 Å². The molecule has 0 aromatic heterocycles. The Labute approximate surface area is 112 Å². The zero-order valence-corrected chi connectivity index (χ0v) is 11.4. The van der Waals surface area contributed by atoms with E-state index < -0.39 is 12.0 Å². The van der Waals surface area contributed by atoms with E-state index in [-0.39, 0.29) is 18.6 Å². The molecule has 7 nitrogen and oxygen atoms in total. The number of hydrogen-bond donors (Lipinski definition) is 2. The summed E-state index contributed by atoms with van der Waals surface area (Å²) in [5.74, 6) is -1.04. The van der Waals surface area contributed by atoms with Crippen LogP contribution in [-0.2, 0) is 14.3 Å². The van der Waals surface area contributed by atoms with Crippen LogP contribution < -0.4 is 5.32 Å². The molecule has 110 valence electrons. The third-order valence-corrected chi connectivity index (χ3v) is 3.27. The monoisotopic (exact) mass is 274 g/mol. The quantitative estimate of drug-likeness (QED) is 0.727. The van der Waals surface area contributed by atoms with Crippen molar-refractivity contribution in [3.05, 3.63) is 0 Å². The van der Waals surface area contributed by atoms with Gasteiger partial charge < -0.3 is 24.8 Å². The number of ether oxygens (including phenoxy) is 2. The highest BCUT2D eigenvalue weighted by molar-refractivity contribution is 5.82. The van der Waals surface area contributed by atoms with Crippen LogP contribution in [0.4, 0.5) is 4.79 Å². The summed E-state index contributed by atoms with van der Waals surface area (Å²) in [6.45, 7) is 1.46. The van der Waals surface area contributed by atoms with Crippen LogP contribution in [0.25, 0.3) is 0 Å². The Balaban J connectivity index is 2.42. The second-order valence-corrected chi connectivity index (χ2v) is 4.54. The van der Waals surface area contributed by atoms with E-state index in [1.54, 1.807) is 12.0 Å². The van der Waals surface area contributed by atoms with Crippen LogP contribution in [0.3, 0.4) is 0 Å². The molecule has 0 aliphatic carbocycles. The van der Waals surface area contributed by atoms with Crippen LogP contribution in [-0.4, -0.2) is 68.1 Å². The summed E-state index contributed by atoms with van der Waals surface area (Å²) in [5, 5.41) is 11.5. The summed E-state index contributed by atoms with van der Waals surface area (Å²) in [4.78, 5) is 24.6. The fourth-order valence-corrected chi connectivity index (χ4v) is 2.03. The third kappa shape index (κ3) is 5.04. The van der Waals surface area contributed by atoms with E-state index in [4.69, 9.17) is 14.6 Å². The minimum atomic E-state index is -1.04. The van der Waals surface area contributed by atoms with Crippen LogP contribution in [0.2, 0.25) is 0 Å². The van der Waals surface area contributed by atoms with Gasteiger partial charge in [-0.1, -0.05) is 0 Å². The molecular weight excluding hydrogens is 252 g/mol. The van der Waals surface area contributed by atoms with Crippen molar-refractivity contribution in [1.82, 2.24) is 10.2 Å². The number of amides is 2. The van der Waals surface area contributed by atoms with E-state index >= 15 is 0 Å². The van der Waals surface area contributed by atoms with E-state index in [1.165, 1.54) is 7.11 Å². The Morgan fingerprint density at radius 2 is 2.00 bits per heavy atom. The molecule has 0 saturated carbocycles. The van der Waals surface area contributed by atoms with Crippen molar-refractivity contribution in [2.75, 3.05) is 33.9 Å². The highest BCUT2D eigenvalue weighted by atomic mass is 16.5. The second-order valence-electron chi connectivity index (χ2n) is 4.54. The first kappa shape index (κ1) is 15.7. The Kier molecular flexibility index (Phi) is 6.58. The Morgan fingerprint density at radius 3 is 2.47 bits per heavy atom. The normalized spacial score (nSPS) is 18.1. The molecule has 0 radical (unpaired) electrons. The van der Waals surface area contributed by atoms with Gasteiger partial charge >= 0.3 is 12.0 Å². The number of rotatable bonds is 6. The van der Waals surface area contributed by atoms with Crippen molar-refractivity contribution in [2.24, 2.45) is 0 Å². The molecular formula is C12H22N2O5. The predicted molar refractivity (Wildman–Crippen MR) is 68.1 cm³/mol. The number of urea groups is 1. The van der Waals surface area contributed by atoms with Crippen molar-refractivity contribution >= 4 is 12.0 Å². The largest absolute Gasteiger partial charge is 0.480 e. The van der Waals surface area contributed by atoms with Gasteiger partial charge in [-0.05, 0) is 12.8 Å². The number of likely N-dealkylation sites (tertiary alicyclic amines) is 1. The number of piperidine rings is 1. The first-order valence-electron chi connectivity index (χ1n) is 6.38. The fraction of sp³-hybridized carbons (Fsp3) is 0.833.